The molecule has 0 unspecified atom stereocenters. The third-order valence-electron chi connectivity index (χ3n) is 2.09. The van der Waals surface area contributed by atoms with Crippen LogP contribution in [0.3, 0.4) is 0 Å². The summed E-state index contributed by atoms with van der Waals surface area (Å²) in [6.07, 6.45) is 1.57. The molecule has 0 saturated carbocycles. The van der Waals surface area contributed by atoms with E-state index in [2.05, 4.69) is 5.32 Å². The SMILES string of the molecule is OCCCNCCc1ccc(F)c(Cl)c1. The molecule has 2 N–H and O–H groups in total. The van der Waals surface area contributed by atoms with Gasteiger partial charge in [-0.2, -0.15) is 0 Å². The zero-order valence-electron chi connectivity index (χ0n) is 8.47. The maximum absolute atomic E-state index is 12.8. The number of aliphatic hydroxyl groups is 1. The lowest BCUT2D eigenvalue weighted by Gasteiger charge is -2.04. The van der Waals surface area contributed by atoms with Gasteiger partial charge in [0.1, 0.15) is 5.82 Å². The van der Waals surface area contributed by atoms with Gasteiger partial charge in [0.05, 0.1) is 5.02 Å². The van der Waals surface area contributed by atoms with E-state index >= 15 is 0 Å². The lowest BCUT2D eigenvalue weighted by Crippen LogP contribution is -2.19. The van der Waals surface area contributed by atoms with Gasteiger partial charge in [-0.3, -0.25) is 0 Å². The molecule has 15 heavy (non-hydrogen) atoms. The van der Waals surface area contributed by atoms with Crippen LogP contribution >= 0.6 is 11.6 Å². The van der Waals surface area contributed by atoms with Crippen LogP contribution in [0.1, 0.15) is 12.0 Å². The van der Waals surface area contributed by atoms with Crippen molar-refractivity contribution < 1.29 is 9.50 Å². The summed E-state index contributed by atoms with van der Waals surface area (Å²) in [7, 11) is 0. The first-order valence-electron chi connectivity index (χ1n) is 4.99. The van der Waals surface area contributed by atoms with E-state index in [1.807, 2.05) is 0 Å². The average molecular weight is 232 g/mol. The molecule has 1 rings (SSSR count). The molecule has 0 aliphatic carbocycles. The van der Waals surface area contributed by atoms with E-state index in [1.54, 1.807) is 12.1 Å². The molecule has 4 heteroatoms. The topological polar surface area (TPSA) is 32.3 Å². The van der Waals surface area contributed by atoms with E-state index in [0.717, 1.165) is 31.5 Å². The summed E-state index contributed by atoms with van der Waals surface area (Å²) >= 11 is 5.65. The molecule has 84 valence electrons. The first-order chi connectivity index (χ1) is 7.24. The maximum atomic E-state index is 12.8. The largest absolute Gasteiger partial charge is 0.396 e. The molecule has 0 aliphatic rings. The first-order valence-corrected chi connectivity index (χ1v) is 5.37. The predicted molar refractivity (Wildman–Crippen MR) is 59.7 cm³/mol. The monoisotopic (exact) mass is 231 g/mol. The molecule has 0 radical (unpaired) electrons. The van der Waals surface area contributed by atoms with E-state index in [4.69, 9.17) is 16.7 Å². The van der Waals surface area contributed by atoms with Gasteiger partial charge in [0, 0.05) is 6.61 Å². The molecule has 0 aromatic heterocycles. The van der Waals surface area contributed by atoms with E-state index in [9.17, 15) is 4.39 Å². The third kappa shape index (κ3) is 4.60. The van der Waals surface area contributed by atoms with Gasteiger partial charge in [0.15, 0.2) is 0 Å². The molecule has 0 spiro atoms. The molecule has 0 heterocycles. The van der Waals surface area contributed by atoms with Crippen LogP contribution in [0.5, 0.6) is 0 Å². The molecular weight excluding hydrogens is 217 g/mol. The van der Waals surface area contributed by atoms with Crippen LogP contribution in [-0.4, -0.2) is 24.8 Å². The average Bonchev–Trinajstić information content (AvgIpc) is 2.23. The lowest BCUT2D eigenvalue weighted by molar-refractivity contribution is 0.286. The van der Waals surface area contributed by atoms with Crippen molar-refractivity contribution in [1.82, 2.24) is 5.32 Å². The van der Waals surface area contributed by atoms with Crippen LogP contribution in [0.15, 0.2) is 18.2 Å². The molecule has 0 saturated heterocycles. The summed E-state index contributed by atoms with van der Waals surface area (Å²) in [5, 5.41) is 11.9. The highest BCUT2D eigenvalue weighted by atomic mass is 35.5. The third-order valence-corrected chi connectivity index (χ3v) is 2.38. The molecule has 1 aromatic rings. The highest BCUT2D eigenvalue weighted by Gasteiger charge is 2.00. The summed E-state index contributed by atoms with van der Waals surface area (Å²) in [5.74, 6) is -0.381. The van der Waals surface area contributed by atoms with Gasteiger partial charge in [-0.1, -0.05) is 17.7 Å². The normalized spacial score (nSPS) is 10.6. The number of rotatable bonds is 6. The van der Waals surface area contributed by atoms with E-state index in [1.165, 1.54) is 6.07 Å². The Balaban J connectivity index is 2.28. The Morgan fingerprint density at radius 3 is 2.80 bits per heavy atom. The van der Waals surface area contributed by atoms with Crippen molar-refractivity contribution in [2.45, 2.75) is 12.8 Å². The Hall–Kier alpha value is -0.640. The van der Waals surface area contributed by atoms with Crippen LogP contribution in [0.4, 0.5) is 4.39 Å². The van der Waals surface area contributed by atoms with E-state index < -0.39 is 0 Å². The number of hydrogen-bond acceptors (Lipinski definition) is 2. The van der Waals surface area contributed by atoms with Gasteiger partial charge in [0.2, 0.25) is 0 Å². The van der Waals surface area contributed by atoms with Crippen LogP contribution < -0.4 is 5.32 Å². The fourth-order valence-electron chi connectivity index (χ4n) is 1.26. The molecule has 2 nitrogen and oxygen atoms in total. The summed E-state index contributed by atoms with van der Waals surface area (Å²) < 4.78 is 12.8. The standard InChI is InChI=1S/C11H15ClFNO/c12-10-8-9(2-3-11(10)13)4-6-14-5-1-7-15/h2-3,8,14-15H,1,4-7H2. The van der Waals surface area contributed by atoms with Crippen LogP contribution in [0.25, 0.3) is 0 Å². The van der Waals surface area contributed by atoms with Crippen molar-refractivity contribution in [2.75, 3.05) is 19.7 Å². The molecule has 0 atom stereocenters. The van der Waals surface area contributed by atoms with Gasteiger partial charge in [-0.15, -0.1) is 0 Å². The number of nitrogens with one attached hydrogen (secondary N) is 1. The van der Waals surface area contributed by atoms with Gasteiger partial charge in [-0.05, 0) is 43.6 Å². The van der Waals surface area contributed by atoms with E-state index in [0.29, 0.717) is 0 Å². The molecule has 0 bridgehead atoms. The van der Waals surface area contributed by atoms with Gasteiger partial charge < -0.3 is 10.4 Å². The van der Waals surface area contributed by atoms with Crippen molar-refractivity contribution in [1.29, 1.82) is 0 Å². The lowest BCUT2D eigenvalue weighted by atomic mass is 10.1. The number of aliphatic hydroxyl groups excluding tert-OH is 1. The molecule has 1 aromatic carbocycles. The highest BCUT2D eigenvalue weighted by molar-refractivity contribution is 6.30. The Morgan fingerprint density at radius 1 is 1.33 bits per heavy atom. The second-order valence-electron chi connectivity index (χ2n) is 3.33. The van der Waals surface area contributed by atoms with Crippen molar-refractivity contribution in [3.05, 3.63) is 34.6 Å². The minimum Gasteiger partial charge on any atom is -0.396 e. The van der Waals surface area contributed by atoms with Crippen LogP contribution in [0.2, 0.25) is 5.02 Å². The second kappa shape index (κ2) is 6.77. The molecule has 0 fully saturated rings. The second-order valence-corrected chi connectivity index (χ2v) is 3.73. The van der Waals surface area contributed by atoms with Gasteiger partial charge in [-0.25, -0.2) is 4.39 Å². The van der Waals surface area contributed by atoms with Gasteiger partial charge in [0.25, 0.3) is 0 Å². The Kier molecular flexibility index (Phi) is 5.61. The van der Waals surface area contributed by atoms with Crippen LogP contribution in [0, 0.1) is 5.82 Å². The minimum atomic E-state index is -0.381. The zero-order chi connectivity index (χ0) is 11.1. The summed E-state index contributed by atoms with van der Waals surface area (Å²) in [6.45, 7) is 1.81. The maximum Gasteiger partial charge on any atom is 0.141 e. The molecular formula is C11H15ClFNO. The van der Waals surface area contributed by atoms with Crippen molar-refractivity contribution in [3.63, 3.8) is 0 Å². The van der Waals surface area contributed by atoms with Crippen LogP contribution in [-0.2, 0) is 6.42 Å². The quantitative estimate of drug-likeness (QED) is 0.734. The Morgan fingerprint density at radius 2 is 2.13 bits per heavy atom. The fourth-order valence-corrected chi connectivity index (χ4v) is 1.46. The fraction of sp³-hybridized carbons (Fsp3) is 0.455. The summed E-state index contributed by atoms with van der Waals surface area (Å²) in [5.41, 5.74) is 1.01. The summed E-state index contributed by atoms with van der Waals surface area (Å²) in [4.78, 5) is 0. The molecule has 0 aliphatic heterocycles. The first kappa shape index (κ1) is 12.4. The smallest absolute Gasteiger partial charge is 0.141 e. The summed E-state index contributed by atoms with van der Waals surface area (Å²) in [6, 6.07) is 4.75. The Bertz CT molecular complexity index is 307. The number of hydrogen-bond donors (Lipinski definition) is 2. The number of halogens is 2. The Labute approximate surface area is 94.1 Å². The molecule has 0 amide bonds. The van der Waals surface area contributed by atoms with Crippen molar-refractivity contribution >= 4 is 11.6 Å². The predicted octanol–water partition coefficient (Wildman–Crippen LogP) is 1.99. The van der Waals surface area contributed by atoms with Gasteiger partial charge >= 0.3 is 0 Å². The minimum absolute atomic E-state index is 0.169. The van der Waals surface area contributed by atoms with Crippen molar-refractivity contribution in [3.8, 4) is 0 Å². The van der Waals surface area contributed by atoms with E-state index in [-0.39, 0.29) is 17.4 Å². The van der Waals surface area contributed by atoms with Crippen molar-refractivity contribution in [2.24, 2.45) is 0 Å². The number of benzene rings is 1. The zero-order valence-corrected chi connectivity index (χ0v) is 9.23. The highest BCUT2D eigenvalue weighted by Crippen LogP contribution is 2.15.